The molecule has 0 aliphatic heterocycles. The number of halogens is 1. The van der Waals surface area contributed by atoms with Gasteiger partial charge in [0.1, 0.15) is 13.2 Å². The van der Waals surface area contributed by atoms with Crippen LogP contribution >= 0.6 is 15.9 Å². The summed E-state index contributed by atoms with van der Waals surface area (Å²) < 4.78 is 6.33. The number of carboxylic acids is 1. The molecule has 0 fully saturated rings. The van der Waals surface area contributed by atoms with Crippen molar-refractivity contribution in [1.82, 2.24) is 9.78 Å². The molecule has 1 aromatic heterocycles. The summed E-state index contributed by atoms with van der Waals surface area (Å²) in [4.78, 5) is 21.6. The van der Waals surface area contributed by atoms with Gasteiger partial charge in [-0.3, -0.25) is 14.8 Å². The molecule has 0 aliphatic rings. The number of hydrogen-bond donors (Lipinski definition) is 2. The molecular weight excluding hydrogens is 294 g/mol. The second kappa shape index (κ2) is 6.04. The van der Waals surface area contributed by atoms with Crippen LogP contribution in [0.4, 0.5) is 10.6 Å². The first-order chi connectivity index (χ1) is 8.02. The molecule has 0 aliphatic carbocycles. The van der Waals surface area contributed by atoms with E-state index >= 15 is 0 Å². The molecule has 8 heteroatoms. The van der Waals surface area contributed by atoms with Gasteiger partial charge < -0.3 is 9.84 Å². The molecular formula is C9H10BrN3O4. The molecule has 0 radical (unpaired) electrons. The molecule has 0 spiro atoms. The smallest absolute Gasteiger partial charge is 0.413 e. The van der Waals surface area contributed by atoms with E-state index < -0.39 is 12.1 Å². The Balaban J connectivity index is 2.64. The van der Waals surface area contributed by atoms with Crippen LogP contribution in [0, 0.1) is 0 Å². The standard InChI is InChI=1S/C9H10BrN3O4/c1-2-3-17-9(16)11-8-6(10)4-13(12-8)5-7(14)15/h2,4H,1,3,5H2,(H,14,15)(H,11,12,16). The van der Waals surface area contributed by atoms with E-state index in [1.807, 2.05) is 0 Å². The maximum absolute atomic E-state index is 11.2. The zero-order chi connectivity index (χ0) is 12.8. The van der Waals surface area contributed by atoms with E-state index in [4.69, 9.17) is 5.11 Å². The second-order valence-electron chi connectivity index (χ2n) is 2.93. The van der Waals surface area contributed by atoms with Gasteiger partial charge in [0.15, 0.2) is 5.82 Å². The molecule has 1 aromatic rings. The van der Waals surface area contributed by atoms with E-state index in [-0.39, 0.29) is 19.0 Å². The third-order valence-corrected chi connectivity index (χ3v) is 2.15. The predicted molar refractivity (Wildman–Crippen MR) is 62.7 cm³/mol. The van der Waals surface area contributed by atoms with Crippen molar-refractivity contribution in [2.75, 3.05) is 11.9 Å². The molecule has 0 saturated carbocycles. The van der Waals surface area contributed by atoms with Crippen molar-refractivity contribution >= 4 is 33.8 Å². The highest BCUT2D eigenvalue weighted by atomic mass is 79.9. The maximum Gasteiger partial charge on any atom is 0.413 e. The summed E-state index contributed by atoms with van der Waals surface area (Å²) in [6, 6.07) is 0. The van der Waals surface area contributed by atoms with Gasteiger partial charge in [-0.1, -0.05) is 12.7 Å². The van der Waals surface area contributed by atoms with Gasteiger partial charge in [0.25, 0.3) is 0 Å². The van der Waals surface area contributed by atoms with Crippen molar-refractivity contribution < 1.29 is 19.4 Å². The first kappa shape index (κ1) is 13.2. The van der Waals surface area contributed by atoms with Crippen LogP contribution in [0.15, 0.2) is 23.3 Å². The third-order valence-electron chi connectivity index (χ3n) is 1.57. The molecule has 17 heavy (non-hydrogen) atoms. The minimum atomic E-state index is -1.03. The number of nitrogens with zero attached hydrogens (tertiary/aromatic N) is 2. The lowest BCUT2D eigenvalue weighted by Crippen LogP contribution is -2.15. The Morgan fingerprint density at radius 1 is 1.71 bits per heavy atom. The van der Waals surface area contributed by atoms with Gasteiger partial charge in [-0.15, -0.1) is 0 Å². The average molecular weight is 304 g/mol. The maximum atomic E-state index is 11.2. The summed E-state index contributed by atoms with van der Waals surface area (Å²) in [7, 11) is 0. The number of hydrogen-bond acceptors (Lipinski definition) is 4. The lowest BCUT2D eigenvalue weighted by Gasteiger charge is -2.02. The Morgan fingerprint density at radius 3 is 3.00 bits per heavy atom. The number of aliphatic carboxylic acids is 1. The van der Waals surface area contributed by atoms with Gasteiger partial charge in [-0.25, -0.2) is 4.79 Å². The van der Waals surface area contributed by atoms with Crippen LogP contribution < -0.4 is 5.32 Å². The fourth-order valence-corrected chi connectivity index (χ4v) is 1.38. The molecule has 2 N–H and O–H groups in total. The molecule has 1 heterocycles. The monoisotopic (exact) mass is 303 g/mol. The van der Waals surface area contributed by atoms with Gasteiger partial charge in [0, 0.05) is 6.20 Å². The molecule has 1 rings (SSSR count). The van der Waals surface area contributed by atoms with Crippen LogP contribution in [-0.2, 0) is 16.1 Å². The van der Waals surface area contributed by atoms with Crippen LogP contribution in [0.25, 0.3) is 0 Å². The van der Waals surface area contributed by atoms with Gasteiger partial charge >= 0.3 is 12.1 Å². The van der Waals surface area contributed by atoms with Gasteiger partial charge in [-0.2, -0.15) is 5.10 Å². The van der Waals surface area contributed by atoms with Crippen molar-refractivity contribution in [3.63, 3.8) is 0 Å². The second-order valence-corrected chi connectivity index (χ2v) is 3.78. The molecule has 1 amide bonds. The minimum Gasteiger partial charge on any atom is -0.480 e. The van der Waals surface area contributed by atoms with Crippen LogP contribution in [0.2, 0.25) is 0 Å². The third kappa shape index (κ3) is 4.27. The van der Waals surface area contributed by atoms with Crippen molar-refractivity contribution in [3.8, 4) is 0 Å². The summed E-state index contributed by atoms with van der Waals surface area (Å²) in [5.41, 5.74) is 0. The van der Waals surface area contributed by atoms with E-state index in [1.54, 1.807) is 0 Å². The van der Waals surface area contributed by atoms with E-state index in [2.05, 4.69) is 37.7 Å². The summed E-state index contributed by atoms with van der Waals surface area (Å²) in [6.07, 6.45) is 2.18. The number of carbonyl (C=O) groups excluding carboxylic acids is 1. The molecule has 0 unspecified atom stereocenters. The summed E-state index contributed by atoms with van der Waals surface area (Å²) >= 11 is 3.14. The first-order valence-electron chi connectivity index (χ1n) is 4.52. The topological polar surface area (TPSA) is 93.5 Å². The van der Waals surface area contributed by atoms with E-state index in [1.165, 1.54) is 17.0 Å². The molecule has 0 aromatic carbocycles. The Kier molecular flexibility index (Phi) is 4.70. The Bertz CT molecular complexity index is 443. The lowest BCUT2D eigenvalue weighted by atomic mass is 10.6. The van der Waals surface area contributed by atoms with E-state index in [0.29, 0.717) is 4.47 Å². The van der Waals surface area contributed by atoms with Crippen LogP contribution in [0.1, 0.15) is 0 Å². The largest absolute Gasteiger partial charge is 0.480 e. The summed E-state index contributed by atoms with van der Waals surface area (Å²) in [5, 5.41) is 14.8. The summed E-state index contributed by atoms with van der Waals surface area (Å²) in [6.45, 7) is 3.19. The van der Waals surface area contributed by atoms with Gasteiger partial charge in [0.2, 0.25) is 0 Å². The van der Waals surface area contributed by atoms with Crippen molar-refractivity contribution in [2.45, 2.75) is 6.54 Å². The first-order valence-corrected chi connectivity index (χ1v) is 5.31. The number of rotatable bonds is 5. The van der Waals surface area contributed by atoms with Gasteiger partial charge in [-0.05, 0) is 15.9 Å². The van der Waals surface area contributed by atoms with Crippen molar-refractivity contribution in [1.29, 1.82) is 0 Å². The van der Waals surface area contributed by atoms with Crippen LogP contribution in [0.3, 0.4) is 0 Å². The highest BCUT2D eigenvalue weighted by Gasteiger charge is 2.11. The number of carbonyl (C=O) groups is 2. The van der Waals surface area contributed by atoms with Crippen LogP contribution in [-0.4, -0.2) is 33.6 Å². The minimum absolute atomic E-state index is 0.0826. The number of nitrogens with one attached hydrogen (secondary N) is 1. The number of amides is 1. The summed E-state index contributed by atoms with van der Waals surface area (Å²) in [5.74, 6) is -0.832. The highest BCUT2D eigenvalue weighted by molar-refractivity contribution is 9.10. The molecule has 0 bridgehead atoms. The van der Waals surface area contributed by atoms with E-state index in [9.17, 15) is 9.59 Å². The molecule has 0 atom stereocenters. The van der Waals surface area contributed by atoms with E-state index in [0.717, 1.165) is 0 Å². The lowest BCUT2D eigenvalue weighted by molar-refractivity contribution is -0.137. The molecule has 92 valence electrons. The quantitative estimate of drug-likeness (QED) is 0.803. The normalized spacial score (nSPS) is 9.71. The SMILES string of the molecule is C=CCOC(=O)Nc1nn(CC(=O)O)cc1Br. The molecule has 0 saturated heterocycles. The Hall–Kier alpha value is -1.83. The fraction of sp³-hybridized carbons (Fsp3) is 0.222. The zero-order valence-electron chi connectivity index (χ0n) is 8.72. The zero-order valence-corrected chi connectivity index (χ0v) is 10.3. The van der Waals surface area contributed by atoms with Gasteiger partial charge in [0.05, 0.1) is 4.47 Å². The number of aromatic nitrogens is 2. The predicted octanol–water partition coefficient (Wildman–Crippen LogP) is 1.46. The Morgan fingerprint density at radius 2 is 2.41 bits per heavy atom. The molecule has 7 nitrogen and oxygen atoms in total. The number of ether oxygens (including phenoxy) is 1. The van der Waals surface area contributed by atoms with Crippen molar-refractivity contribution in [2.24, 2.45) is 0 Å². The Labute approximate surface area is 105 Å². The average Bonchev–Trinajstić information content (AvgIpc) is 2.55. The number of anilines is 1. The fourth-order valence-electron chi connectivity index (χ4n) is 0.969. The van der Waals surface area contributed by atoms with Crippen LogP contribution in [0.5, 0.6) is 0 Å². The highest BCUT2D eigenvalue weighted by Crippen LogP contribution is 2.20. The van der Waals surface area contributed by atoms with Crippen molar-refractivity contribution in [3.05, 3.63) is 23.3 Å². The number of carboxylic acid groups (broad SMARTS) is 1.